The zero-order valence-corrected chi connectivity index (χ0v) is 18.0. The maximum Gasteiger partial charge on any atom is 0.129 e. The van der Waals surface area contributed by atoms with Crippen molar-refractivity contribution >= 4 is 0 Å². The minimum atomic E-state index is -0.140. The van der Waals surface area contributed by atoms with E-state index in [0.717, 1.165) is 67.3 Å². The predicted octanol–water partition coefficient (Wildman–Crippen LogP) is 3.84. The van der Waals surface area contributed by atoms with Gasteiger partial charge in [0.05, 0.1) is 27.9 Å². The van der Waals surface area contributed by atoms with Crippen molar-refractivity contribution in [1.29, 1.82) is 0 Å². The molecule has 5 heteroatoms. The van der Waals surface area contributed by atoms with Crippen LogP contribution in [-0.4, -0.2) is 51.0 Å². The van der Waals surface area contributed by atoms with Gasteiger partial charge < -0.3 is 19.3 Å². The third kappa shape index (κ3) is 4.85. The molecule has 0 bridgehead atoms. The lowest BCUT2D eigenvalue weighted by Gasteiger charge is -2.42. The quantitative estimate of drug-likeness (QED) is 0.731. The van der Waals surface area contributed by atoms with E-state index >= 15 is 0 Å². The Hall–Kier alpha value is -2.24. The molecule has 158 valence electrons. The number of hydrogen-bond donors (Lipinski definition) is 1. The smallest absolute Gasteiger partial charge is 0.129 e. The van der Waals surface area contributed by atoms with Crippen LogP contribution in [0.1, 0.15) is 29.5 Å². The summed E-state index contributed by atoms with van der Waals surface area (Å²) in [5.41, 5.74) is 3.24. The second kappa shape index (κ2) is 9.51. The number of likely N-dealkylation sites (tertiary alicyclic amines) is 1. The van der Waals surface area contributed by atoms with Gasteiger partial charge >= 0.3 is 0 Å². The van der Waals surface area contributed by atoms with E-state index in [1.807, 2.05) is 25.1 Å². The fraction of sp³-hybridized carbons (Fsp3) is 0.500. The maximum atomic E-state index is 10.3. The number of piperidine rings is 1. The Morgan fingerprint density at radius 1 is 1.07 bits per heavy atom. The SMILES string of the molecule is COc1cccc(C[C@]2(CO)CCCN(Cc3ccc(OC)c(C)c3OC)C2)c1. The molecule has 0 aliphatic carbocycles. The van der Waals surface area contributed by atoms with E-state index < -0.39 is 0 Å². The zero-order chi connectivity index (χ0) is 20.9. The molecule has 0 amide bonds. The van der Waals surface area contributed by atoms with E-state index in [9.17, 15) is 5.11 Å². The minimum absolute atomic E-state index is 0.140. The minimum Gasteiger partial charge on any atom is -0.497 e. The van der Waals surface area contributed by atoms with Crippen molar-refractivity contribution in [3.05, 3.63) is 53.1 Å². The van der Waals surface area contributed by atoms with Crippen LogP contribution in [-0.2, 0) is 13.0 Å². The molecule has 0 spiro atoms. The van der Waals surface area contributed by atoms with Gasteiger partial charge in [-0.1, -0.05) is 18.2 Å². The van der Waals surface area contributed by atoms with E-state index in [-0.39, 0.29) is 12.0 Å². The first-order valence-electron chi connectivity index (χ1n) is 10.2. The van der Waals surface area contributed by atoms with Crippen LogP contribution in [0.15, 0.2) is 36.4 Å². The van der Waals surface area contributed by atoms with Crippen molar-refractivity contribution in [3.63, 3.8) is 0 Å². The third-order valence-electron chi connectivity index (χ3n) is 6.04. The van der Waals surface area contributed by atoms with E-state index in [1.165, 1.54) is 5.56 Å². The van der Waals surface area contributed by atoms with Gasteiger partial charge in [-0.15, -0.1) is 0 Å². The summed E-state index contributed by atoms with van der Waals surface area (Å²) in [6.45, 7) is 4.88. The topological polar surface area (TPSA) is 51.2 Å². The van der Waals surface area contributed by atoms with Gasteiger partial charge in [-0.3, -0.25) is 4.90 Å². The molecule has 1 atom stereocenters. The Bertz CT molecular complexity index is 823. The van der Waals surface area contributed by atoms with Gasteiger partial charge in [0.15, 0.2) is 0 Å². The fourth-order valence-electron chi connectivity index (χ4n) is 4.59. The summed E-state index contributed by atoms with van der Waals surface area (Å²) >= 11 is 0. The van der Waals surface area contributed by atoms with Gasteiger partial charge in [0.25, 0.3) is 0 Å². The van der Waals surface area contributed by atoms with Gasteiger partial charge in [-0.25, -0.2) is 0 Å². The molecule has 0 aromatic heterocycles. The highest BCUT2D eigenvalue weighted by atomic mass is 16.5. The first-order valence-corrected chi connectivity index (χ1v) is 10.2. The van der Waals surface area contributed by atoms with Gasteiger partial charge in [0, 0.05) is 29.6 Å². The molecule has 5 nitrogen and oxygen atoms in total. The van der Waals surface area contributed by atoms with Crippen LogP contribution in [0.2, 0.25) is 0 Å². The highest BCUT2D eigenvalue weighted by Gasteiger charge is 2.35. The van der Waals surface area contributed by atoms with Crippen LogP contribution < -0.4 is 14.2 Å². The summed E-state index contributed by atoms with van der Waals surface area (Å²) in [4.78, 5) is 2.43. The summed E-state index contributed by atoms with van der Waals surface area (Å²) in [5.74, 6) is 2.59. The number of aliphatic hydroxyl groups excluding tert-OH is 1. The number of benzene rings is 2. The molecule has 3 rings (SSSR count). The Morgan fingerprint density at radius 2 is 1.90 bits per heavy atom. The summed E-state index contributed by atoms with van der Waals surface area (Å²) in [7, 11) is 5.08. The molecule has 1 N–H and O–H groups in total. The lowest BCUT2D eigenvalue weighted by atomic mass is 9.75. The summed E-state index contributed by atoms with van der Waals surface area (Å²) < 4.78 is 16.5. The Balaban J connectivity index is 1.78. The molecular weight excluding hydrogens is 366 g/mol. The number of aliphatic hydroxyl groups is 1. The number of ether oxygens (including phenoxy) is 3. The Kier molecular flexibility index (Phi) is 7.04. The van der Waals surface area contributed by atoms with Crippen LogP contribution in [0.25, 0.3) is 0 Å². The van der Waals surface area contributed by atoms with Crippen molar-refractivity contribution in [2.45, 2.75) is 32.7 Å². The van der Waals surface area contributed by atoms with Gasteiger partial charge in [0.2, 0.25) is 0 Å². The van der Waals surface area contributed by atoms with E-state index in [2.05, 4.69) is 23.1 Å². The lowest BCUT2D eigenvalue weighted by molar-refractivity contribution is 0.0285. The lowest BCUT2D eigenvalue weighted by Crippen LogP contribution is -2.46. The largest absolute Gasteiger partial charge is 0.497 e. The molecule has 1 saturated heterocycles. The molecule has 2 aromatic rings. The van der Waals surface area contributed by atoms with Crippen molar-refractivity contribution in [1.82, 2.24) is 4.90 Å². The third-order valence-corrected chi connectivity index (χ3v) is 6.04. The Morgan fingerprint density at radius 3 is 2.59 bits per heavy atom. The molecule has 29 heavy (non-hydrogen) atoms. The van der Waals surface area contributed by atoms with E-state index in [0.29, 0.717) is 0 Å². The fourth-order valence-corrected chi connectivity index (χ4v) is 4.59. The highest BCUT2D eigenvalue weighted by molar-refractivity contribution is 5.49. The molecule has 2 aromatic carbocycles. The normalized spacial score (nSPS) is 19.8. The highest BCUT2D eigenvalue weighted by Crippen LogP contribution is 2.37. The standard InChI is InChI=1S/C24H33NO4/c1-18-22(28-3)10-9-20(23(18)29-4)15-25-12-6-11-24(16-25,17-26)14-19-7-5-8-21(13-19)27-2/h5,7-10,13,26H,6,11-12,14-17H2,1-4H3/t24-/m1/s1. The molecule has 1 heterocycles. The molecule has 0 unspecified atom stereocenters. The van der Waals surface area contributed by atoms with Crippen molar-refractivity contribution in [3.8, 4) is 17.2 Å². The maximum absolute atomic E-state index is 10.3. The van der Waals surface area contributed by atoms with Crippen LogP contribution in [0, 0.1) is 12.3 Å². The second-order valence-electron chi connectivity index (χ2n) is 8.09. The van der Waals surface area contributed by atoms with E-state index in [4.69, 9.17) is 14.2 Å². The summed E-state index contributed by atoms with van der Waals surface area (Å²) in [5, 5.41) is 10.3. The number of rotatable bonds is 8. The predicted molar refractivity (Wildman–Crippen MR) is 115 cm³/mol. The average molecular weight is 400 g/mol. The first-order chi connectivity index (χ1) is 14.0. The first kappa shape index (κ1) is 21.5. The van der Waals surface area contributed by atoms with E-state index in [1.54, 1.807) is 21.3 Å². The Labute approximate surface area is 174 Å². The zero-order valence-electron chi connectivity index (χ0n) is 18.0. The van der Waals surface area contributed by atoms with Gasteiger partial charge in [0.1, 0.15) is 17.2 Å². The second-order valence-corrected chi connectivity index (χ2v) is 8.09. The van der Waals surface area contributed by atoms with Gasteiger partial charge in [-0.05, 0) is 56.5 Å². The van der Waals surface area contributed by atoms with Crippen LogP contribution >= 0.6 is 0 Å². The number of nitrogens with zero attached hydrogens (tertiary/aromatic N) is 1. The molecule has 1 aliphatic heterocycles. The summed E-state index contributed by atoms with van der Waals surface area (Å²) in [6.07, 6.45) is 2.94. The van der Waals surface area contributed by atoms with Crippen molar-refractivity contribution < 1.29 is 19.3 Å². The molecule has 1 aliphatic rings. The van der Waals surface area contributed by atoms with Crippen molar-refractivity contribution in [2.75, 3.05) is 41.0 Å². The molecule has 1 fully saturated rings. The number of methoxy groups -OCH3 is 3. The monoisotopic (exact) mass is 399 g/mol. The van der Waals surface area contributed by atoms with Crippen LogP contribution in [0.3, 0.4) is 0 Å². The molecule has 0 saturated carbocycles. The van der Waals surface area contributed by atoms with Gasteiger partial charge in [-0.2, -0.15) is 0 Å². The van der Waals surface area contributed by atoms with Crippen molar-refractivity contribution in [2.24, 2.45) is 5.41 Å². The van der Waals surface area contributed by atoms with Crippen LogP contribution in [0.4, 0.5) is 0 Å². The molecular formula is C24H33NO4. The van der Waals surface area contributed by atoms with Crippen LogP contribution in [0.5, 0.6) is 17.2 Å². The number of hydrogen-bond acceptors (Lipinski definition) is 5. The summed E-state index contributed by atoms with van der Waals surface area (Å²) in [6, 6.07) is 12.3. The average Bonchev–Trinajstić information content (AvgIpc) is 2.74. The molecule has 0 radical (unpaired) electrons.